The van der Waals surface area contributed by atoms with Crippen molar-refractivity contribution in [1.82, 2.24) is 0 Å². The van der Waals surface area contributed by atoms with Crippen molar-refractivity contribution in [3.8, 4) is 11.5 Å². The Labute approximate surface area is 158 Å². The summed E-state index contributed by atoms with van der Waals surface area (Å²) in [4.78, 5) is 13.1. The van der Waals surface area contributed by atoms with E-state index in [1.165, 1.54) is 14.2 Å². The Bertz CT molecular complexity index is 706. The van der Waals surface area contributed by atoms with Gasteiger partial charge in [0.2, 0.25) is 5.78 Å². The van der Waals surface area contributed by atoms with Crippen LogP contribution in [0.25, 0.3) is 0 Å². The third kappa shape index (κ3) is 4.84. The molecule has 0 radical (unpaired) electrons. The second-order valence-corrected chi connectivity index (χ2v) is 5.55. The van der Waals surface area contributed by atoms with Crippen LogP contribution in [0.15, 0.2) is 48.5 Å². The molecular weight excluding hydrogens is 352 g/mol. The summed E-state index contributed by atoms with van der Waals surface area (Å²) in [5.74, 6) is -0.869. The average molecular weight is 376 g/mol. The molecule has 146 valence electrons. The van der Waals surface area contributed by atoms with Crippen LogP contribution >= 0.6 is 0 Å². The average Bonchev–Trinajstić information content (AvgIpc) is 2.73. The highest BCUT2D eigenvalue weighted by atomic mass is 16.7. The van der Waals surface area contributed by atoms with Crippen LogP contribution in [0.4, 0.5) is 0 Å². The summed E-state index contributed by atoms with van der Waals surface area (Å²) < 4.78 is 21.6. The van der Waals surface area contributed by atoms with Crippen molar-refractivity contribution in [3.63, 3.8) is 0 Å². The Morgan fingerprint density at radius 1 is 0.815 bits per heavy atom. The van der Waals surface area contributed by atoms with Gasteiger partial charge in [-0.15, -0.1) is 0 Å². The van der Waals surface area contributed by atoms with Gasteiger partial charge in [0.1, 0.15) is 24.7 Å². The summed E-state index contributed by atoms with van der Waals surface area (Å²) in [6, 6.07) is 13.2. The first-order valence-corrected chi connectivity index (χ1v) is 8.44. The fourth-order valence-electron chi connectivity index (χ4n) is 2.63. The molecule has 2 aromatic carbocycles. The second-order valence-electron chi connectivity index (χ2n) is 5.55. The molecule has 2 rings (SSSR count). The van der Waals surface area contributed by atoms with Gasteiger partial charge in [0.25, 0.3) is 5.79 Å². The van der Waals surface area contributed by atoms with Crippen LogP contribution in [0.3, 0.4) is 0 Å². The molecule has 0 bridgehead atoms. The molecule has 0 saturated heterocycles. The highest BCUT2D eigenvalue weighted by Gasteiger charge is 2.41. The van der Waals surface area contributed by atoms with Gasteiger partial charge in [-0.1, -0.05) is 0 Å². The van der Waals surface area contributed by atoms with Crippen molar-refractivity contribution in [1.29, 1.82) is 0 Å². The van der Waals surface area contributed by atoms with Crippen LogP contribution in [0.5, 0.6) is 11.5 Å². The van der Waals surface area contributed by atoms with Gasteiger partial charge in [-0.05, 0) is 48.5 Å². The molecule has 0 saturated carbocycles. The summed E-state index contributed by atoms with van der Waals surface area (Å²) in [6.07, 6.45) is 0. The minimum atomic E-state index is -1.61. The van der Waals surface area contributed by atoms with E-state index in [1.54, 1.807) is 48.5 Å². The van der Waals surface area contributed by atoms with Crippen molar-refractivity contribution < 1.29 is 34.0 Å². The van der Waals surface area contributed by atoms with Gasteiger partial charge in [0.15, 0.2) is 0 Å². The summed E-state index contributed by atoms with van der Waals surface area (Å²) >= 11 is 0. The third-order valence-electron chi connectivity index (χ3n) is 3.94. The minimum Gasteiger partial charge on any atom is -0.491 e. The molecule has 0 aliphatic carbocycles. The zero-order valence-corrected chi connectivity index (χ0v) is 15.4. The van der Waals surface area contributed by atoms with E-state index in [1.807, 2.05) is 0 Å². The minimum absolute atomic E-state index is 0.0850. The highest BCUT2D eigenvalue weighted by molar-refractivity contribution is 6.02. The molecule has 7 nitrogen and oxygen atoms in total. The molecule has 0 atom stereocenters. The molecule has 0 spiro atoms. The standard InChI is InChI=1S/C20H24O7/c1-24-20(25-2,16-5-9-18(10-6-16)27-14-12-22)19(23)15-3-7-17(8-4-15)26-13-11-21/h3-10,21-22H,11-14H2,1-2H3. The first-order valence-electron chi connectivity index (χ1n) is 8.44. The van der Waals surface area contributed by atoms with E-state index < -0.39 is 5.79 Å². The van der Waals surface area contributed by atoms with Gasteiger partial charge in [-0.25, -0.2) is 0 Å². The molecule has 0 amide bonds. The number of benzene rings is 2. The lowest BCUT2D eigenvalue weighted by molar-refractivity contribution is -0.176. The maximum absolute atomic E-state index is 13.1. The number of aliphatic hydroxyl groups excluding tert-OH is 2. The molecule has 2 N–H and O–H groups in total. The number of ketones is 1. The number of hydrogen-bond acceptors (Lipinski definition) is 7. The molecule has 0 fully saturated rings. The molecule has 27 heavy (non-hydrogen) atoms. The zero-order valence-electron chi connectivity index (χ0n) is 15.4. The van der Waals surface area contributed by atoms with E-state index in [-0.39, 0.29) is 32.2 Å². The van der Waals surface area contributed by atoms with Crippen LogP contribution in [-0.2, 0) is 15.3 Å². The van der Waals surface area contributed by atoms with E-state index in [9.17, 15) is 4.79 Å². The maximum Gasteiger partial charge on any atom is 0.260 e. The fourth-order valence-corrected chi connectivity index (χ4v) is 2.63. The molecule has 0 heterocycles. The van der Waals surface area contributed by atoms with Crippen LogP contribution in [0.2, 0.25) is 0 Å². The topological polar surface area (TPSA) is 94.5 Å². The quantitative estimate of drug-likeness (QED) is 0.456. The maximum atomic E-state index is 13.1. The van der Waals surface area contributed by atoms with E-state index >= 15 is 0 Å². The van der Waals surface area contributed by atoms with E-state index in [0.717, 1.165) is 0 Å². The van der Waals surface area contributed by atoms with Crippen molar-refractivity contribution in [2.24, 2.45) is 0 Å². The largest absolute Gasteiger partial charge is 0.491 e. The molecular formula is C20H24O7. The predicted molar refractivity (Wildman–Crippen MR) is 98.1 cm³/mol. The van der Waals surface area contributed by atoms with Crippen molar-refractivity contribution in [3.05, 3.63) is 59.7 Å². The number of methoxy groups -OCH3 is 2. The Morgan fingerprint density at radius 3 is 1.67 bits per heavy atom. The lowest BCUT2D eigenvalue weighted by atomic mass is 9.95. The lowest BCUT2D eigenvalue weighted by Gasteiger charge is -2.30. The lowest BCUT2D eigenvalue weighted by Crippen LogP contribution is -2.40. The number of Topliss-reactive ketones (excluding diaryl/α,β-unsaturated/α-hetero) is 1. The second kappa shape index (κ2) is 10.0. The van der Waals surface area contributed by atoms with Gasteiger partial charge in [0, 0.05) is 25.3 Å². The molecule has 0 aliphatic rings. The highest BCUT2D eigenvalue weighted by Crippen LogP contribution is 2.32. The van der Waals surface area contributed by atoms with Gasteiger partial charge in [-0.2, -0.15) is 0 Å². The summed E-state index contributed by atoms with van der Waals surface area (Å²) in [7, 11) is 2.80. The van der Waals surface area contributed by atoms with Gasteiger partial charge in [0.05, 0.1) is 13.2 Å². The summed E-state index contributed by atoms with van der Waals surface area (Å²) in [5, 5.41) is 17.6. The van der Waals surface area contributed by atoms with Crippen molar-refractivity contribution in [2.45, 2.75) is 5.79 Å². The Morgan fingerprint density at radius 2 is 1.26 bits per heavy atom. The Balaban J connectivity index is 2.27. The van der Waals surface area contributed by atoms with E-state index in [2.05, 4.69) is 0 Å². The normalized spacial score (nSPS) is 11.3. The van der Waals surface area contributed by atoms with Crippen LogP contribution in [0.1, 0.15) is 15.9 Å². The smallest absolute Gasteiger partial charge is 0.260 e. The molecule has 0 aromatic heterocycles. The Kier molecular flexibility index (Phi) is 7.75. The SMILES string of the molecule is COC(OC)(C(=O)c1ccc(OCCO)cc1)c1ccc(OCCO)cc1. The number of carbonyl (C=O) groups excluding carboxylic acids is 1. The number of carbonyl (C=O) groups is 1. The molecule has 7 heteroatoms. The van der Waals surface area contributed by atoms with Crippen molar-refractivity contribution >= 4 is 5.78 Å². The molecule has 2 aromatic rings. The van der Waals surface area contributed by atoms with Gasteiger partial charge >= 0.3 is 0 Å². The van der Waals surface area contributed by atoms with Crippen LogP contribution in [-0.4, -0.2) is 56.6 Å². The van der Waals surface area contributed by atoms with Crippen LogP contribution < -0.4 is 9.47 Å². The molecule has 0 unspecified atom stereocenters. The summed E-state index contributed by atoms with van der Waals surface area (Å²) in [6.45, 7) is 0.189. The van der Waals surface area contributed by atoms with E-state index in [0.29, 0.717) is 22.6 Å². The first kappa shape index (κ1) is 20.9. The number of rotatable bonds is 11. The monoisotopic (exact) mass is 376 g/mol. The van der Waals surface area contributed by atoms with E-state index in [4.69, 9.17) is 29.2 Å². The van der Waals surface area contributed by atoms with Gasteiger partial charge < -0.3 is 29.2 Å². The number of ether oxygens (including phenoxy) is 4. The fraction of sp³-hybridized carbons (Fsp3) is 0.350. The predicted octanol–water partition coefficient (Wildman–Crippen LogP) is 1.76. The number of aliphatic hydroxyl groups is 2. The van der Waals surface area contributed by atoms with Gasteiger partial charge in [-0.3, -0.25) is 4.79 Å². The third-order valence-corrected chi connectivity index (χ3v) is 3.94. The van der Waals surface area contributed by atoms with Crippen LogP contribution in [0, 0.1) is 0 Å². The first-order chi connectivity index (χ1) is 13.1. The molecule has 0 aliphatic heterocycles. The Hall–Kier alpha value is -2.45. The summed E-state index contributed by atoms with van der Waals surface area (Å²) in [5.41, 5.74) is 0.894. The zero-order chi connectivity index (χ0) is 19.7. The van der Waals surface area contributed by atoms with Crippen molar-refractivity contribution in [2.75, 3.05) is 40.6 Å². The number of hydrogen-bond donors (Lipinski definition) is 2.